The summed E-state index contributed by atoms with van der Waals surface area (Å²) in [4.78, 5) is 35.9. The van der Waals surface area contributed by atoms with Gasteiger partial charge in [-0.15, -0.1) is 0 Å². The van der Waals surface area contributed by atoms with Crippen LogP contribution in [0.5, 0.6) is 0 Å². The monoisotopic (exact) mass is 298 g/mol. The van der Waals surface area contributed by atoms with Crippen molar-refractivity contribution in [1.29, 1.82) is 0 Å². The molecule has 8 heteroatoms. The molecule has 21 heavy (non-hydrogen) atoms. The van der Waals surface area contributed by atoms with Crippen LogP contribution in [0.2, 0.25) is 0 Å². The Morgan fingerprint density at radius 1 is 1.29 bits per heavy atom. The lowest BCUT2D eigenvalue weighted by Gasteiger charge is -2.18. The normalized spacial score (nSPS) is 15.6. The summed E-state index contributed by atoms with van der Waals surface area (Å²) >= 11 is 0. The van der Waals surface area contributed by atoms with Crippen LogP contribution >= 0.6 is 0 Å². The summed E-state index contributed by atoms with van der Waals surface area (Å²) in [6.45, 7) is 1.77. The zero-order chi connectivity index (χ0) is 15.6. The van der Waals surface area contributed by atoms with Gasteiger partial charge >= 0.3 is 12.0 Å². The molecule has 1 saturated heterocycles. The van der Waals surface area contributed by atoms with Crippen LogP contribution in [0.15, 0.2) is 18.2 Å². The quantitative estimate of drug-likeness (QED) is 0.847. The van der Waals surface area contributed by atoms with E-state index in [-0.39, 0.29) is 12.1 Å². The predicted molar refractivity (Wildman–Crippen MR) is 66.3 cm³/mol. The van der Waals surface area contributed by atoms with Crippen molar-refractivity contribution >= 4 is 17.9 Å². The fourth-order valence-corrected chi connectivity index (χ4v) is 1.85. The first-order valence-electron chi connectivity index (χ1n) is 6.15. The molecule has 6 nitrogen and oxygen atoms in total. The molecule has 0 bridgehead atoms. The maximum atomic E-state index is 13.0. The maximum absolute atomic E-state index is 13.0. The third-order valence-electron chi connectivity index (χ3n) is 2.85. The standard InChI is InChI=1S/C13H12F2N2O4/c1-7(11(18)17-3-2-16-13(17)20)21-12(19)8-4-9(14)6-10(15)5-8/h4-7H,2-3H2,1H3,(H,16,20)/t7-/m0/s1. The van der Waals surface area contributed by atoms with E-state index in [1.807, 2.05) is 0 Å². The number of hydrogen-bond acceptors (Lipinski definition) is 4. The van der Waals surface area contributed by atoms with Gasteiger partial charge in [0, 0.05) is 19.2 Å². The molecule has 0 aromatic heterocycles. The number of rotatable bonds is 3. The zero-order valence-corrected chi connectivity index (χ0v) is 11.1. The molecule has 2 rings (SSSR count). The van der Waals surface area contributed by atoms with Gasteiger partial charge in [0.2, 0.25) is 0 Å². The predicted octanol–water partition coefficient (Wildman–Crippen LogP) is 1.06. The van der Waals surface area contributed by atoms with Gasteiger partial charge in [-0.25, -0.2) is 18.4 Å². The van der Waals surface area contributed by atoms with Crippen LogP contribution in [-0.2, 0) is 9.53 Å². The lowest BCUT2D eigenvalue weighted by Crippen LogP contribution is -2.41. The number of ether oxygens (including phenoxy) is 1. The van der Waals surface area contributed by atoms with Crippen LogP contribution in [0.3, 0.4) is 0 Å². The molecule has 1 N–H and O–H groups in total. The molecule has 1 aromatic carbocycles. The number of nitrogens with zero attached hydrogens (tertiary/aromatic N) is 1. The third kappa shape index (κ3) is 3.33. The van der Waals surface area contributed by atoms with Gasteiger partial charge in [0.1, 0.15) is 11.6 Å². The number of carbonyl (C=O) groups excluding carboxylic acids is 3. The molecule has 1 aromatic rings. The molecule has 0 aliphatic carbocycles. The van der Waals surface area contributed by atoms with Crippen LogP contribution in [0.25, 0.3) is 0 Å². The average molecular weight is 298 g/mol. The topological polar surface area (TPSA) is 75.7 Å². The Labute approximate surface area is 118 Å². The van der Waals surface area contributed by atoms with E-state index in [0.29, 0.717) is 12.6 Å². The fraction of sp³-hybridized carbons (Fsp3) is 0.308. The van der Waals surface area contributed by atoms with Crippen LogP contribution in [0.4, 0.5) is 13.6 Å². The Balaban J connectivity index is 2.04. The van der Waals surface area contributed by atoms with Crippen LogP contribution in [-0.4, -0.2) is 42.0 Å². The van der Waals surface area contributed by atoms with Crippen molar-refractivity contribution in [2.24, 2.45) is 0 Å². The largest absolute Gasteiger partial charge is 0.449 e. The molecule has 1 heterocycles. The fourth-order valence-electron chi connectivity index (χ4n) is 1.85. The molecule has 1 atom stereocenters. The number of amides is 3. The molecule has 1 fully saturated rings. The van der Waals surface area contributed by atoms with Gasteiger partial charge in [0.15, 0.2) is 6.10 Å². The first-order chi connectivity index (χ1) is 9.88. The Bertz CT molecular complexity index is 586. The van der Waals surface area contributed by atoms with Crippen molar-refractivity contribution in [2.75, 3.05) is 13.1 Å². The highest BCUT2D eigenvalue weighted by Crippen LogP contribution is 2.11. The second kappa shape index (κ2) is 5.86. The van der Waals surface area contributed by atoms with E-state index < -0.39 is 35.6 Å². The number of carbonyl (C=O) groups is 3. The van der Waals surface area contributed by atoms with E-state index in [9.17, 15) is 23.2 Å². The third-order valence-corrected chi connectivity index (χ3v) is 2.85. The molecule has 112 valence electrons. The summed E-state index contributed by atoms with van der Waals surface area (Å²) in [5.74, 6) is -3.61. The Morgan fingerprint density at radius 2 is 1.90 bits per heavy atom. The van der Waals surface area contributed by atoms with E-state index in [1.54, 1.807) is 0 Å². The smallest absolute Gasteiger partial charge is 0.339 e. The Kier molecular flexibility index (Phi) is 4.15. The number of hydrogen-bond donors (Lipinski definition) is 1. The minimum atomic E-state index is -1.24. The maximum Gasteiger partial charge on any atom is 0.339 e. The van der Waals surface area contributed by atoms with Crippen molar-refractivity contribution in [3.05, 3.63) is 35.4 Å². The van der Waals surface area contributed by atoms with Crippen molar-refractivity contribution in [3.8, 4) is 0 Å². The van der Waals surface area contributed by atoms with Crippen LogP contribution in [0, 0.1) is 11.6 Å². The van der Waals surface area contributed by atoms with E-state index in [0.717, 1.165) is 17.0 Å². The van der Waals surface area contributed by atoms with Crippen molar-refractivity contribution in [3.63, 3.8) is 0 Å². The molecular weight excluding hydrogens is 286 g/mol. The van der Waals surface area contributed by atoms with Crippen LogP contribution < -0.4 is 5.32 Å². The summed E-state index contributed by atoms with van der Waals surface area (Å²) in [7, 11) is 0. The van der Waals surface area contributed by atoms with Crippen molar-refractivity contribution in [2.45, 2.75) is 13.0 Å². The lowest BCUT2D eigenvalue weighted by molar-refractivity contribution is -0.136. The number of nitrogens with one attached hydrogen (secondary N) is 1. The average Bonchev–Trinajstić information content (AvgIpc) is 2.82. The summed E-state index contributed by atoms with van der Waals surface area (Å²) in [5, 5.41) is 2.43. The minimum absolute atomic E-state index is 0.175. The Morgan fingerprint density at radius 3 is 2.43 bits per heavy atom. The highest BCUT2D eigenvalue weighted by molar-refractivity contribution is 5.99. The lowest BCUT2D eigenvalue weighted by atomic mass is 10.2. The zero-order valence-electron chi connectivity index (χ0n) is 11.1. The first-order valence-corrected chi connectivity index (χ1v) is 6.15. The van der Waals surface area contributed by atoms with Gasteiger partial charge in [-0.3, -0.25) is 9.69 Å². The number of urea groups is 1. The van der Waals surface area contributed by atoms with E-state index >= 15 is 0 Å². The molecule has 1 aliphatic rings. The molecule has 1 aliphatic heterocycles. The summed E-state index contributed by atoms with van der Waals surface area (Å²) in [6, 6.07) is 1.63. The minimum Gasteiger partial charge on any atom is -0.449 e. The number of benzene rings is 1. The van der Waals surface area contributed by atoms with Crippen LogP contribution in [0.1, 0.15) is 17.3 Å². The van der Waals surface area contributed by atoms with Crippen molar-refractivity contribution < 1.29 is 27.9 Å². The molecule has 3 amide bonds. The molecule has 0 radical (unpaired) electrons. The van der Waals surface area contributed by atoms with E-state index in [2.05, 4.69) is 5.32 Å². The van der Waals surface area contributed by atoms with Gasteiger partial charge in [-0.2, -0.15) is 0 Å². The number of esters is 1. The highest BCUT2D eigenvalue weighted by Gasteiger charge is 2.31. The Hall–Kier alpha value is -2.51. The second-order valence-electron chi connectivity index (χ2n) is 4.43. The second-order valence-corrected chi connectivity index (χ2v) is 4.43. The van der Waals surface area contributed by atoms with E-state index in [1.165, 1.54) is 6.92 Å². The van der Waals surface area contributed by atoms with Gasteiger partial charge in [0.25, 0.3) is 5.91 Å². The van der Waals surface area contributed by atoms with E-state index in [4.69, 9.17) is 4.74 Å². The highest BCUT2D eigenvalue weighted by atomic mass is 19.1. The molecule has 0 unspecified atom stereocenters. The molecular formula is C13H12F2N2O4. The number of imide groups is 1. The summed E-state index contributed by atoms with van der Waals surface area (Å²) in [6.07, 6.45) is -1.24. The number of halogens is 2. The molecule has 0 saturated carbocycles. The molecule has 0 spiro atoms. The summed E-state index contributed by atoms with van der Waals surface area (Å²) < 4.78 is 30.8. The summed E-state index contributed by atoms with van der Waals surface area (Å²) in [5.41, 5.74) is -0.349. The van der Waals surface area contributed by atoms with Gasteiger partial charge in [-0.05, 0) is 19.1 Å². The van der Waals surface area contributed by atoms with Crippen molar-refractivity contribution in [1.82, 2.24) is 10.2 Å². The first kappa shape index (κ1) is 14.9. The van der Waals surface area contributed by atoms with Gasteiger partial charge < -0.3 is 10.1 Å². The SMILES string of the molecule is C[C@H](OC(=O)c1cc(F)cc(F)c1)C(=O)N1CCNC1=O. The van der Waals surface area contributed by atoms with Gasteiger partial charge in [-0.1, -0.05) is 0 Å². The van der Waals surface area contributed by atoms with Gasteiger partial charge in [0.05, 0.1) is 5.56 Å².